The highest BCUT2D eigenvalue weighted by molar-refractivity contribution is 5.97. The maximum atomic E-state index is 8.68. The minimum absolute atomic E-state index is 0.155. The number of benzene rings is 1. The molecule has 0 aliphatic carbocycles. The second-order valence-corrected chi connectivity index (χ2v) is 5.96. The zero-order chi connectivity index (χ0) is 15.5. The molecule has 0 heterocycles. The lowest BCUT2D eigenvalue weighted by atomic mass is 10.0. The number of unbranched alkanes of at least 4 members (excludes halogenated alkanes) is 3. The molecule has 0 bridgehead atoms. The molecular formula is C17H29N3O. The molecule has 118 valence electrons. The molecule has 0 saturated carbocycles. The first-order chi connectivity index (χ1) is 10.1. The van der Waals surface area contributed by atoms with E-state index in [9.17, 15) is 0 Å². The molecule has 0 aliphatic heterocycles. The average Bonchev–Trinajstić information content (AvgIpc) is 2.49. The van der Waals surface area contributed by atoms with Crippen LogP contribution >= 0.6 is 0 Å². The largest absolute Gasteiger partial charge is 0.409 e. The average molecular weight is 291 g/mol. The highest BCUT2D eigenvalue weighted by atomic mass is 16.4. The summed E-state index contributed by atoms with van der Waals surface area (Å²) in [6, 6.07) is 7.76. The molecule has 0 fully saturated rings. The smallest absolute Gasteiger partial charge is 0.170 e. The van der Waals surface area contributed by atoms with E-state index in [0.29, 0.717) is 0 Å². The molecule has 1 aromatic rings. The quantitative estimate of drug-likeness (QED) is 0.203. The van der Waals surface area contributed by atoms with Gasteiger partial charge in [-0.1, -0.05) is 62.9 Å². The van der Waals surface area contributed by atoms with Crippen LogP contribution in [0.25, 0.3) is 0 Å². The van der Waals surface area contributed by atoms with Crippen molar-refractivity contribution in [2.75, 3.05) is 6.54 Å². The van der Waals surface area contributed by atoms with Crippen molar-refractivity contribution in [1.82, 2.24) is 5.32 Å². The second kappa shape index (κ2) is 10.2. The standard InChI is InChI=1S/C17H29N3O/c1-14(2)8-5-3-4-6-11-19-13-15-9-7-10-16(12-15)17(18)20-21/h7,9-10,12,14,19,21H,3-6,8,11,13H2,1-2H3,(H2,18,20). The monoisotopic (exact) mass is 291 g/mol. The molecule has 0 atom stereocenters. The number of oxime groups is 1. The lowest BCUT2D eigenvalue weighted by Crippen LogP contribution is -2.16. The van der Waals surface area contributed by atoms with Crippen LogP contribution in [0.2, 0.25) is 0 Å². The fraction of sp³-hybridized carbons (Fsp3) is 0.588. The maximum absolute atomic E-state index is 8.68. The molecular weight excluding hydrogens is 262 g/mol. The second-order valence-electron chi connectivity index (χ2n) is 5.96. The van der Waals surface area contributed by atoms with Gasteiger partial charge in [-0.15, -0.1) is 0 Å². The van der Waals surface area contributed by atoms with E-state index in [1.165, 1.54) is 32.1 Å². The van der Waals surface area contributed by atoms with Crippen LogP contribution in [0.3, 0.4) is 0 Å². The van der Waals surface area contributed by atoms with Gasteiger partial charge in [-0.05, 0) is 30.5 Å². The predicted octanol–water partition coefficient (Wildman–Crippen LogP) is 3.48. The van der Waals surface area contributed by atoms with Crippen LogP contribution in [0, 0.1) is 5.92 Å². The summed E-state index contributed by atoms with van der Waals surface area (Å²) in [5.41, 5.74) is 7.49. The lowest BCUT2D eigenvalue weighted by molar-refractivity contribution is 0.318. The summed E-state index contributed by atoms with van der Waals surface area (Å²) < 4.78 is 0. The summed E-state index contributed by atoms with van der Waals surface area (Å²) in [5, 5.41) is 15.1. The summed E-state index contributed by atoms with van der Waals surface area (Å²) in [4.78, 5) is 0. The maximum Gasteiger partial charge on any atom is 0.170 e. The molecule has 4 nitrogen and oxygen atoms in total. The molecule has 0 aliphatic rings. The topological polar surface area (TPSA) is 70.6 Å². The highest BCUT2D eigenvalue weighted by Crippen LogP contribution is 2.09. The minimum atomic E-state index is 0.155. The van der Waals surface area contributed by atoms with E-state index in [-0.39, 0.29) is 5.84 Å². The zero-order valence-electron chi connectivity index (χ0n) is 13.3. The van der Waals surface area contributed by atoms with E-state index in [0.717, 1.165) is 30.1 Å². The van der Waals surface area contributed by atoms with Crippen LogP contribution in [0.1, 0.15) is 57.1 Å². The first-order valence-electron chi connectivity index (χ1n) is 7.91. The number of nitrogens with zero attached hydrogens (tertiary/aromatic N) is 1. The Morgan fingerprint density at radius 2 is 2.00 bits per heavy atom. The van der Waals surface area contributed by atoms with Crippen LogP contribution in [-0.2, 0) is 6.54 Å². The van der Waals surface area contributed by atoms with Gasteiger partial charge >= 0.3 is 0 Å². The third kappa shape index (κ3) is 7.71. The van der Waals surface area contributed by atoms with Gasteiger partial charge in [0.25, 0.3) is 0 Å². The molecule has 0 aromatic heterocycles. The predicted molar refractivity (Wildman–Crippen MR) is 88.6 cm³/mol. The van der Waals surface area contributed by atoms with Crippen molar-refractivity contribution in [3.8, 4) is 0 Å². The van der Waals surface area contributed by atoms with Crippen molar-refractivity contribution in [2.45, 2.75) is 52.5 Å². The lowest BCUT2D eigenvalue weighted by Gasteiger charge is -2.07. The van der Waals surface area contributed by atoms with Crippen LogP contribution < -0.4 is 11.1 Å². The van der Waals surface area contributed by atoms with Crippen molar-refractivity contribution in [2.24, 2.45) is 16.8 Å². The molecule has 1 rings (SSSR count). The van der Waals surface area contributed by atoms with Crippen LogP contribution in [-0.4, -0.2) is 17.6 Å². The summed E-state index contributed by atoms with van der Waals surface area (Å²) in [6.07, 6.45) is 6.54. The minimum Gasteiger partial charge on any atom is -0.409 e. The van der Waals surface area contributed by atoms with Gasteiger partial charge in [-0.3, -0.25) is 0 Å². The molecule has 0 unspecified atom stereocenters. The molecule has 0 saturated heterocycles. The molecule has 4 N–H and O–H groups in total. The van der Waals surface area contributed by atoms with E-state index >= 15 is 0 Å². The van der Waals surface area contributed by atoms with Gasteiger partial charge in [0.15, 0.2) is 5.84 Å². The van der Waals surface area contributed by atoms with Gasteiger partial charge in [0.05, 0.1) is 0 Å². The molecule has 4 heteroatoms. The van der Waals surface area contributed by atoms with Gasteiger partial charge < -0.3 is 16.3 Å². The Morgan fingerprint density at radius 1 is 1.24 bits per heavy atom. The van der Waals surface area contributed by atoms with Gasteiger partial charge in [0.2, 0.25) is 0 Å². The number of hydrogen-bond donors (Lipinski definition) is 3. The fourth-order valence-corrected chi connectivity index (χ4v) is 2.29. The third-order valence-electron chi connectivity index (χ3n) is 3.54. The number of nitrogens with two attached hydrogens (primary N) is 1. The third-order valence-corrected chi connectivity index (χ3v) is 3.54. The van der Waals surface area contributed by atoms with Crippen LogP contribution in [0.4, 0.5) is 0 Å². The normalized spacial score (nSPS) is 12.0. The van der Waals surface area contributed by atoms with Crippen LogP contribution in [0.5, 0.6) is 0 Å². The van der Waals surface area contributed by atoms with E-state index in [1.807, 2.05) is 24.3 Å². The van der Waals surface area contributed by atoms with Gasteiger partial charge in [0, 0.05) is 12.1 Å². The van der Waals surface area contributed by atoms with E-state index in [1.54, 1.807) is 0 Å². The molecule has 21 heavy (non-hydrogen) atoms. The van der Waals surface area contributed by atoms with Crippen molar-refractivity contribution < 1.29 is 5.21 Å². The summed E-state index contributed by atoms with van der Waals surface area (Å²) in [7, 11) is 0. The zero-order valence-corrected chi connectivity index (χ0v) is 13.3. The van der Waals surface area contributed by atoms with Crippen molar-refractivity contribution in [3.05, 3.63) is 35.4 Å². The first-order valence-corrected chi connectivity index (χ1v) is 7.91. The highest BCUT2D eigenvalue weighted by Gasteiger charge is 2.00. The van der Waals surface area contributed by atoms with Gasteiger partial charge in [-0.2, -0.15) is 0 Å². The van der Waals surface area contributed by atoms with Crippen LogP contribution in [0.15, 0.2) is 29.4 Å². The Bertz CT molecular complexity index is 430. The van der Waals surface area contributed by atoms with Crippen molar-refractivity contribution in [1.29, 1.82) is 0 Å². The van der Waals surface area contributed by atoms with E-state index < -0.39 is 0 Å². The number of amidine groups is 1. The van der Waals surface area contributed by atoms with E-state index in [2.05, 4.69) is 24.3 Å². The summed E-state index contributed by atoms with van der Waals surface area (Å²) in [5.74, 6) is 0.979. The summed E-state index contributed by atoms with van der Waals surface area (Å²) >= 11 is 0. The molecule has 1 aromatic carbocycles. The van der Waals surface area contributed by atoms with Crippen molar-refractivity contribution >= 4 is 5.84 Å². The van der Waals surface area contributed by atoms with Gasteiger partial charge in [0.1, 0.15) is 0 Å². The first kappa shape index (κ1) is 17.5. The van der Waals surface area contributed by atoms with Crippen molar-refractivity contribution in [3.63, 3.8) is 0 Å². The SMILES string of the molecule is CC(C)CCCCCCNCc1cccc(/C(N)=N/O)c1. The Morgan fingerprint density at radius 3 is 2.71 bits per heavy atom. The number of hydrogen-bond acceptors (Lipinski definition) is 3. The summed E-state index contributed by atoms with van der Waals surface area (Å²) in [6.45, 7) is 6.42. The Hall–Kier alpha value is -1.55. The number of rotatable bonds is 10. The van der Waals surface area contributed by atoms with E-state index in [4.69, 9.17) is 10.9 Å². The molecule has 0 radical (unpaired) electrons. The number of nitrogens with one attached hydrogen (secondary N) is 1. The fourth-order valence-electron chi connectivity index (χ4n) is 2.29. The Labute approximate surface area is 128 Å². The molecule has 0 spiro atoms. The molecule has 0 amide bonds. The Kier molecular flexibility index (Phi) is 8.51. The van der Waals surface area contributed by atoms with Gasteiger partial charge in [-0.25, -0.2) is 0 Å². The Balaban J connectivity index is 2.16.